The Morgan fingerprint density at radius 1 is 1.33 bits per heavy atom. The molecule has 1 aromatic carbocycles. The second kappa shape index (κ2) is 8.77. The highest BCUT2D eigenvalue weighted by atomic mass is 16.5. The molecule has 1 unspecified atom stereocenters. The summed E-state index contributed by atoms with van der Waals surface area (Å²) in [5, 5.41) is 3.15. The van der Waals surface area contributed by atoms with Gasteiger partial charge in [0.1, 0.15) is 0 Å². The minimum absolute atomic E-state index is 0.292. The average Bonchev–Trinajstić information content (AvgIpc) is 2.53. The van der Waals surface area contributed by atoms with Crippen LogP contribution in [0.25, 0.3) is 0 Å². The van der Waals surface area contributed by atoms with Crippen molar-refractivity contribution in [3.05, 3.63) is 35.9 Å². The Labute approximate surface area is 127 Å². The van der Waals surface area contributed by atoms with Crippen molar-refractivity contribution in [3.8, 4) is 0 Å². The Morgan fingerprint density at radius 2 is 2.00 bits per heavy atom. The molecular formula is C16H26N2O3. The molecule has 5 nitrogen and oxygen atoms in total. The van der Waals surface area contributed by atoms with Crippen molar-refractivity contribution in [2.75, 3.05) is 47.5 Å². The van der Waals surface area contributed by atoms with Crippen molar-refractivity contribution in [1.29, 1.82) is 0 Å². The molecule has 0 saturated heterocycles. The van der Waals surface area contributed by atoms with Gasteiger partial charge in [-0.1, -0.05) is 30.3 Å². The van der Waals surface area contributed by atoms with E-state index in [1.54, 1.807) is 7.05 Å². The van der Waals surface area contributed by atoms with E-state index in [0.29, 0.717) is 19.8 Å². The van der Waals surface area contributed by atoms with E-state index < -0.39 is 5.54 Å². The minimum Gasteiger partial charge on any atom is -0.467 e. The van der Waals surface area contributed by atoms with Gasteiger partial charge in [-0.05, 0) is 26.6 Å². The fourth-order valence-corrected chi connectivity index (χ4v) is 2.34. The number of benzene rings is 1. The lowest BCUT2D eigenvalue weighted by atomic mass is 9.89. The predicted molar refractivity (Wildman–Crippen MR) is 83.2 cm³/mol. The fraction of sp³-hybridized carbons (Fsp3) is 0.562. The van der Waals surface area contributed by atoms with Gasteiger partial charge in [0.05, 0.1) is 13.7 Å². The number of hydrogen-bond acceptors (Lipinski definition) is 5. The summed E-state index contributed by atoms with van der Waals surface area (Å²) in [6.45, 7) is 4.56. The number of likely N-dealkylation sites (N-methyl/N-ethyl adjacent to an activating group) is 2. The number of carbonyl (C=O) groups is 1. The molecule has 0 aliphatic rings. The van der Waals surface area contributed by atoms with Crippen LogP contribution >= 0.6 is 0 Å². The molecule has 118 valence electrons. The first-order valence-electron chi connectivity index (χ1n) is 7.19. The van der Waals surface area contributed by atoms with Crippen LogP contribution in [0.5, 0.6) is 0 Å². The summed E-state index contributed by atoms with van der Waals surface area (Å²) < 4.78 is 10.4. The maximum absolute atomic E-state index is 12.4. The summed E-state index contributed by atoms with van der Waals surface area (Å²) in [6.07, 6.45) is 0. The molecule has 0 aliphatic heterocycles. The lowest BCUT2D eigenvalue weighted by Gasteiger charge is -2.34. The Bertz CT molecular complexity index is 425. The molecule has 1 N–H and O–H groups in total. The smallest absolute Gasteiger partial charge is 0.332 e. The zero-order valence-corrected chi connectivity index (χ0v) is 13.4. The topological polar surface area (TPSA) is 50.8 Å². The predicted octanol–water partition coefficient (Wildman–Crippen LogP) is 1.24. The van der Waals surface area contributed by atoms with Gasteiger partial charge < -0.3 is 19.7 Å². The van der Waals surface area contributed by atoms with E-state index in [1.165, 1.54) is 7.11 Å². The van der Waals surface area contributed by atoms with Crippen molar-refractivity contribution in [1.82, 2.24) is 10.2 Å². The van der Waals surface area contributed by atoms with Gasteiger partial charge in [-0.15, -0.1) is 0 Å². The molecule has 1 rings (SSSR count). The molecule has 1 aromatic rings. The van der Waals surface area contributed by atoms with E-state index in [4.69, 9.17) is 9.47 Å². The Hall–Kier alpha value is -1.43. The molecule has 0 saturated carbocycles. The zero-order chi connectivity index (χ0) is 15.7. The molecule has 0 spiro atoms. The van der Waals surface area contributed by atoms with E-state index >= 15 is 0 Å². The first kappa shape index (κ1) is 17.6. The summed E-state index contributed by atoms with van der Waals surface area (Å²) in [7, 11) is 5.16. The van der Waals surface area contributed by atoms with Crippen molar-refractivity contribution < 1.29 is 14.3 Å². The van der Waals surface area contributed by atoms with Crippen LogP contribution in [0.2, 0.25) is 0 Å². The number of esters is 1. The van der Waals surface area contributed by atoms with Gasteiger partial charge in [0.2, 0.25) is 0 Å². The lowest BCUT2D eigenvalue weighted by Crippen LogP contribution is -2.55. The SMILES string of the molecule is CCOCCN(C)CC(NC)(C(=O)OC)c1ccccc1. The Kier molecular flexibility index (Phi) is 7.36. The van der Waals surface area contributed by atoms with Gasteiger partial charge in [-0.3, -0.25) is 0 Å². The zero-order valence-electron chi connectivity index (χ0n) is 13.4. The molecule has 21 heavy (non-hydrogen) atoms. The van der Waals surface area contributed by atoms with Crippen molar-refractivity contribution >= 4 is 5.97 Å². The third-order valence-electron chi connectivity index (χ3n) is 3.56. The Balaban J connectivity index is 2.94. The molecule has 0 radical (unpaired) electrons. The van der Waals surface area contributed by atoms with Crippen LogP contribution in [-0.2, 0) is 19.8 Å². The van der Waals surface area contributed by atoms with E-state index in [-0.39, 0.29) is 5.97 Å². The molecule has 0 aliphatic carbocycles. The molecule has 5 heteroatoms. The van der Waals surface area contributed by atoms with Gasteiger partial charge >= 0.3 is 5.97 Å². The number of ether oxygens (including phenoxy) is 2. The first-order chi connectivity index (χ1) is 10.1. The van der Waals surface area contributed by atoms with Gasteiger partial charge in [-0.25, -0.2) is 4.79 Å². The highest BCUT2D eigenvalue weighted by Crippen LogP contribution is 2.23. The van der Waals surface area contributed by atoms with Crippen molar-refractivity contribution in [2.24, 2.45) is 0 Å². The quantitative estimate of drug-likeness (QED) is 0.548. The van der Waals surface area contributed by atoms with Crippen LogP contribution < -0.4 is 5.32 Å². The molecule has 0 bridgehead atoms. The van der Waals surface area contributed by atoms with Crippen LogP contribution in [0.15, 0.2) is 30.3 Å². The van der Waals surface area contributed by atoms with Crippen LogP contribution in [0, 0.1) is 0 Å². The van der Waals surface area contributed by atoms with Crippen molar-refractivity contribution in [3.63, 3.8) is 0 Å². The number of methoxy groups -OCH3 is 1. The third-order valence-corrected chi connectivity index (χ3v) is 3.56. The largest absolute Gasteiger partial charge is 0.467 e. The fourth-order valence-electron chi connectivity index (χ4n) is 2.34. The van der Waals surface area contributed by atoms with Gasteiger partial charge in [0.15, 0.2) is 5.54 Å². The minimum atomic E-state index is -0.878. The third kappa shape index (κ3) is 4.52. The number of hydrogen-bond donors (Lipinski definition) is 1. The number of nitrogens with one attached hydrogen (secondary N) is 1. The second-order valence-corrected chi connectivity index (χ2v) is 4.95. The second-order valence-electron chi connectivity index (χ2n) is 4.95. The van der Waals surface area contributed by atoms with Crippen LogP contribution in [-0.4, -0.2) is 58.4 Å². The number of carbonyl (C=O) groups excluding carboxylic acids is 1. The monoisotopic (exact) mass is 294 g/mol. The number of nitrogens with zero attached hydrogens (tertiary/aromatic N) is 1. The van der Waals surface area contributed by atoms with Crippen molar-refractivity contribution in [2.45, 2.75) is 12.5 Å². The summed E-state index contributed by atoms with van der Waals surface area (Å²) in [5.74, 6) is -0.292. The summed E-state index contributed by atoms with van der Waals surface area (Å²) >= 11 is 0. The molecule has 1 atom stereocenters. The summed E-state index contributed by atoms with van der Waals surface area (Å²) in [6, 6.07) is 9.64. The van der Waals surface area contributed by atoms with E-state index in [1.807, 2.05) is 44.3 Å². The van der Waals surface area contributed by atoms with Crippen LogP contribution in [0.1, 0.15) is 12.5 Å². The van der Waals surface area contributed by atoms with E-state index in [0.717, 1.165) is 12.1 Å². The normalized spacial score (nSPS) is 14.0. The molecule has 0 aromatic heterocycles. The van der Waals surface area contributed by atoms with Gasteiger partial charge in [0, 0.05) is 19.7 Å². The standard InChI is InChI=1S/C16H26N2O3/c1-5-21-12-11-18(3)13-16(17-2,15(19)20-4)14-9-7-6-8-10-14/h6-10,17H,5,11-13H2,1-4H3. The highest BCUT2D eigenvalue weighted by Gasteiger charge is 2.40. The summed E-state index contributed by atoms with van der Waals surface area (Å²) in [4.78, 5) is 14.5. The maximum atomic E-state index is 12.4. The first-order valence-corrected chi connectivity index (χ1v) is 7.19. The average molecular weight is 294 g/mol. The summed E-state index contributed by atoms with van der Waals surface area (Å²) in [5.41, 5.74) is 0.0133. The van der Waals surface area contributed by atoms with E-state index in [9.17, 15) is 4.79 Å². The van der Waals surface area contributed by atoms with E-state index in [2.05, 4.69) is 10.2 Å². The molecule has 0 fully saturated rings. The van der Waals surface area contributed by atoms with Crippen LogP contribution in [0.3, 0.4) is 0 Å². The highest BCUT2D eigenvalue weighted by molar-refractivity contribution is 5.83. The Morgan fingerprint density at radius 3 is 2.52 bits per heavy atom. The lowest BCUT2D eigenvalue weighted by molar-refractivity contribution is -0.149. The molecule has 0 heterocycles. The van der Waals surface area contributed by atoms with Gasteiger partial charge in [-0.2, -0.15) is 0 Å². The van der Waals surface area contributed by atoms with Crippen LogP contribution in [0.4, 0.5) is 0 Å². The van der Waals surface area contributed by atoms with Gasteiger partial charge in [0.25, 0.3) is 0 Å². The number of rotatable bonds is 9. The maximum Gasteiger partial charge on any atom is 0.332 e. The molecular weight excluding hydrogens is 268 g/mol. The molecule has 0 amide bonds.